The first-order valence-corrected chi connectivity index (χ1v) is 9.37. The molecule has 144 valence electrons. The first-order chi connectivity index (χ1) is 12.6. The van der Waals surface area contributed by atoms with Crippen LogP contribution in [0.5, 0.6) is 5.75 Å². The lowest BCUT2D eigenvalue weighted by Crippen LogP contribution is -2.33. The van der Waals surface area contributed by atoms with E-state index in [1.54, 1.807) is 6.07 Å². The molecule has 1 heterocycles. The highest BCUT2D eigenvalue weighted by molar-refractivity contribution is 7.89. The van der Waals surface area contributed by atoms with Crippen molar-refractivity contribution in [3.63, 3.8) is 0 Å². The molecule has 0 radical (unpaired) electrons. The van der Waals surface area contributed by atoms with Gasteiger partial charge in [0.15, 0.2) is 6.61 Å². The number of fused-ring (bicyclic) bond motifs is 1. The number of halogens is 3. The molecule has 0 atom stereocenters. The number of nitrogens with zero attached hydrogens (tertiary/aromatic N) is 1. The van der Waals surface area contributed by atoms with Crippen molar-refractivity contribution in [1.82, 2.24) is 0 Å². The molecule has 0 spiro atoms. The van der Waals surface area contributed by atoms with E-state index in [0.717, 1.165) is 17.7 Å². The quantitative estimate of drug-likeness (QED) is 0.853. The molecule has 0 aromatic heterocycles. The number of anilines is 1. The summed E-state index contributed by atoms with van der Waals surface area (Å²) in [6.07, 6.45) is -4.12. The number of para-hydroxylation sites is 1. The van der Waals surface area contributed by atoms with E-state index in [2.05, 4.69) is 0 Å². The molecule has 3 rings (SSSR count). The Morgan fingerprint density at radius 3 is 2.56 bits per heavy atom. The first kappa shape index (κ1) is 19.2. The third-order valence-corrected chi connectivity index (χ3v) is 5.04. The van der Waals surface area contributed by atoms with Crippen LogP contribution in [0.3, 0.4) is 0 Å². The second-order valence-electron chi connectivity index (χ2n) is 5.91. The van der Waals surface area contributed by atoms with Gasteiger partial charge < -0.3 is 9.64 Å². The lowest BCUT2D eigenvalue weighted by atomic mass is 10.2. The Morgan fingerprint density at radius 1 is 1.19 bits per heavy atom. The van der Waals surface area contributed by atoms with Crippen LogP contribution in [0.1, 0.15) is 11.1 Å². The van der Waals surface area contributed by atoms with Crippen molar-refractivity contribution < 1.29 is 31.1 Å². The summed E-state index contributed by atoms with van der Waals surface area (Å²) in [5.41, 5.74) is 0.127. The minimum atomic E-state index is -4.61. The lowest BCUT2D eigenvalue weighted by molar-refractivity contribution is -0.139. The van der Waals surface area contributed by atoms with Crippen molar-refractivity contribution in [1.29, 1.82) is 0 Å². The zero-order chi connectivity index (χ0) is 19.8. The van der Waals surface area contributed by atoms with Gasteiger partial charge in [-0.1, -0.05) is 18.2 Å². The molecule has 1 aliphatic rings. The number of carbonyl (C=O) groups is 1. The predicted octanol–water partition coefficient (Wildman–Crippen LogP) is 2.32. The molecule has 0 fully saturated rings. The van der Waals surface area contributed by atoms with Crippen LogP contribution in [0.15, 0.2) is 47.4 Å². The normalized spacial score (nSPS) is 14.1. The van der Waals surface area contributed by atoms with E-state index in [0.29, 0.717) is 12.1 Å². The number of carbonyl (C=O) groups excluding carboxylic acids is 1. The van der Waals surface area contributed by atoms with Crippen LogP contribution in [0.2, 0.25) is 0 Å². The van der Waals surface area contributed by atoms with Crippen molar-refractivity contribution in [3.8, 4) is 5.75 Å². The molecule has 2 aromatic carbocycles. The van der Waals surface area contributed by atoms with Gasteiger partial charge in [0.25, 0.3) is 5.91 Å². The summed E-state index contributed by atoms with van der Waals surface area (Å²) in [4.78, 5) is 13.6. The maximum absolute atomic E-state index is 13.0. The Kier molecular flexibility index (Phi) is 4.87. The summed E-state index contributed by atoms with van der Waals surface area (Å²) in [5, 5.41) is 5.10. The van der Waals surface area contributed by atoms with E-state index >= 15 is 0 Å². The number of nitrogens with two attached hydrogens (primary N) is 1. The number of amides is 1. The molecule has 27 heavy (non-hydrogen) atoms. The Balaban J connectivity index is 1.79. The summed E-state index contributed by atoms with van der Waals surface area (Å²) in [6, 6.07) is 8.78. The standard InChI is InChI=1S/C17H15F3N2O4S/c18-17(19,20)13-3-1-2-4-15(13)26-10-16(23)22-8-7-11-5-6-12(9-14(11)22)27(21,24)25/h1-6,9H,7-8,10H2,(H2,21,24,25). The number of rotatable bonds is 4. The van der Waals surface area contributed by atoms with E-state index in [9.17, 15) is 26.4 Å². The monoisotopic (exact) mass is 400 g/mol. The number of benzene rings is 2. The molecule has 1 amide bonds. The van der Waals surface area contributed by atoms with Gasteiger partial charge in [-0.05, 0) is 36.2 Å². The Labute approximate surface area is 153 Å². The van der Waals surface area contributed by atoms with E-state index in [1.807, 2.05) is 0 Å². The van der Waals surface area contributed by atoms with Crippen LogP contribution in [0.4, 0.5) is 18.9 Å². The summed E-state index contributed by atoms with van der Waals surface area (Å²) in [5.74, 6) is -1.03. The lowest BCUT2D eigenvalue weighted by Gasteiger charge is -2.19. The first-order valence-electron chi connectivity index (χ1n) is 7.82. The van der Waals surface area contributed by atoms with Gasteiger partial charge in [0.05, 0.1) is 10.5 Å². The number of ether oxygens (including phenoxy) is 1. The molecule has 2 N–H and O–H groups in total. The van der Waals surface area contributed by atoms with Crippen molar-refractivity contribution >= 4 is 21.6 Å². The van der Waals surface area contributed by atoms with Crippen LogP contribution in [-0.4, -0.2) is 27.5 Å². The fourth-order valence-corrected chi connectivity index (χ4v) is 3.37. The third-order valence-electron chi connectivity index (χ3n) is 4.13. The molecule has 1 aliphatic heterocycles. The fourth-order valence-electron chi connectivity index (χ4n) is 2.84. The Hall–Kier alpha value is -2.59. The van der Waals surface area contributed by atoms with Gasteiger partial charge in [-0.3, -0.25) is 4.79 Å². The number of sulfonamides is 1. The molecule has 0 saturated heterocycles. The number of alkyl halides is 3. The molecule has 0 unspecified atom stereocenters. The summed E-state index contributed by atoms with van der Waals surface area (Å²) in [7, 11) is -3.94. The minimum absolute atomic E-state index is 0.149. The van der Waals surface area contributed by atoms with Crippen LogP contribution in [0.25, 0.3) is 0 Å². The molecular formula is C17H15F3N2O4S. The van der Waals surface area contributed by atoms with Gasteiger partial charge in [-0.2, -0.15) is 13.2 Å². The summed E-state index contributed by atoms with van der Waals surface area (Å²) >= 11 is 0. The maximum atomic E-state index is 13.0. The van der Waals surface area contributed by atoms with Gasteiger partial charge in [0.2, 0.25) is 10.0 Å². The van der Waals surface area contributed by atoms with E-state index in [1.165, 1.54) is 29.2 Å². The second kappa shape index (κ2) is 6.86. The van der Waals surface area contributed by atoms with Gasteiger partial charge in [-0.15, -0.1) is 0 Å². The maximum Gasteiger partial charge on any atom is 0.419 e. The predicted molar refractivity (Wildman–Crippen MR) is 90.8 cm³/mol. The van der Waals surface area contributed by atoms with E-state index in [-0.39, 0.29) is 11.4 Å². The average molecular weight is 400 g/mol. The molecule has 10 heteroatoms. The van der Waals surface area contributed by atoms with Gasteiger partial charge in [-0.25, -0.2) is 13.6 Å². The average Bonchev–Trinajstić information content (AvgIpc) is 3.01. The van der Waals surface area contributed by atoms with Crippen LogP contribution >= 0.6 is 0 Å². The number of primary sulfonamides is 1. The van der Waals surface area contributed by atoms with Crippen molar-refractivity contribution in [2.75, 3.05) is 18.1 Å². The largest absolute Gasteiger partial charge is 0.483 e. The van der Waals surface area contributed by atoms with Crippen LogP contribution in [-0.2, 0) is 27.4 Å². The Bertz CT molecular complexity index is 990. The second-order valence-corrected chi connectivity index (χ2v) is 7.47. The van der Waals surface area contributed by atoms with Crippen LogP contribution < -0.4 is 14.8 Å². The smallest absolute Gasteiger partial charge is 0.419 e. The van der Waals surface area contributed by atoms with Crippen LogP contribution in [0, 0.1) is 0 Å². The molecule has 0 saturated carbocycles. The Morgan fingerprint density at radius 2 is 1.89 bits per heavy atom. The van der Waals surface area contributed by atoms with E-state index < -0.39 is 40.0 Å². The SMILES string of the molecule is NS(=O)(=O)c1ccc2c(c1)N(C(=O)COc1ccccc1C(F)(F)F)CC2. The molecule has 6 nitrogen and oxygen atoms in total. The number of hydrogen-bond donors (Lipinski definition) is 1. The highest BCUT2D eigenvalue weighted by Gasteiger charge is 2.34. The fraction of sp³-hybridized carbons (Fsp3) is 0.235. The summed E-state index contributed by atoms with van der Waals surface area (Å²) < 4.78 is 67.0. The molecule has 2 aromatic rings. The van der Waals surface area contributed by atoms with Crippen molar-refractivity contribution in [3.05, 3.63) is 53.6 Å². The highest BCUT2D eigenvalue weighted by Crippen LogP contribution is 2.36. The molecule has 0 aliphatic carbocycles. The topological polar surface area (TPSA) is 89.7 Å². The third kappa shape index (κ3) is 4.06. The summed E-state index contributed by atoms with van der Waals surface area (Å²) in [6.45, 7) is -0.349. The molecule has 0 bridgehead atoms. The number of hydrogen-bond acceptors (Lipinski definition) is 4. The van der Waals surface area contributed by atoms with Gasteiger partial charge in [0, 0.05) is 12.2 Å². The zero-order valence-electron chi connectivity index (χ0n) is 13.9. The van der Waals surface area contributed by atoms with Gasteiger partial charge >= 0.3 is 6.18 Å². The van der Waals surface area contributed by atoms with Crippen molar-refractivity contribution in [2.45, 2.75) is 17.5 Å². The minimum Gasteiger partial charge on any atom is -0.483 e. The van der Waals surface area contributed by atoms with Gasteiger partial charge in [0.1, 0.15) is 5.75 Å². The highest BCUT2D eigenvalue weighted by atomic mass is 32.2. The molecular weight excluding hydrogens is 385 g/mol. The van der Waals surface area contributed by atoms with E-state index in [4.69, 9.17) is 9.88 Å². The van der Waals surface area contributed by atoms with Crippen molar-refractivity contribution in [2.24, 2.45) is 5.14 Å². The zero-order valence-corrected chi connectivity index (χ0v) is 14.7.